The van der Waals surface area contributed by atoms with E-state index in [-0.39, 0.29) is 12.8 Å². The van der Waals surface area contributed by atoms with Gasteiger partial charge in [-0.15, -0.1) is 0 Å². The van der Waals surface area contributed by atoms with E-state index in [9.17, 15) is 9.90 Å². The van der Waals surface area contributed by atoms with Gasteiger partial charge in [-0.05, 0) is 30.5 Å². The number of aliphatic carboxylic acids is 1. The molecule has 0 aliphatic heterocycles. The highest BCUT2D eigenvalue weighted by Crippen LogP contribution is 2.22. The summed E-state index contributed by atoms with van der Waals surface area (Å²) in [7, 11) is 0. The van der Waals surface area contributed by atoms with Crippen LogP contribution in [0.1, 0.15) is 37.9 Å². The number of ether oxygens (including phenoxy) is 1. The molecule has 0 saturated carbocycles. The molecule has 17 heavy (non-hydrogen) atoms. The highest BCUT2D eigenvalue weighted by atomic mass is 16.5. The SMILES string of the molecule is CCCOc1cccc(C(O)CCC(=O)O)c1. The Kier molecular flexibility index (Phi) is 5.49. The van der Waals surface area contributed by atoms with Gasteiger partial charge < -0.3 is 14.9 Å². The number of hydrogen-bond acceptors (Lipinski definition) is 3. The Morgan fingerprint density at radius 1 is 1.47 bits per heavy atom. The lowest BCUT2D eigenvalue weighted by Crippen LogP contribution is -2.03. The van der Waals surface area contributed by atoms with Gasteiger partial charge in [0.05, 0.1) is 12.7 Å². The molecule has 0 saturated heterocycles. The lowest BCUT2D eigenvalue weighted by Gasteiger charge is -2.11. The van der Waals surface area contributed by atoms with Gasteiger partial charge >= 0.3 is 5.97 Å². The van der Waals surface area contributed by atoms with E-state index >= 15 is 0 Å². The Hall–Kier alpha value is -1.55. The van der Waals surface area contributed by atoms with E-state index in [1.807, 2.05) is 13.0 Å². The van der Waals surface area contributed by atoms with Crippen LogP contribution in [0, 0.1) is 0 Å². The van der Waals surface area contributed by atoms with Crippen LogP contribution in [-0.2, 0) is 4.79 Å². The van der Waals surface area contributed by atoms with E-state index in [1.165, 1.54) is 0 Å². The first-order valence-corrected chi connectivity index (χ1v) is 5.76. The van der Waals surface area contributed by atoms with Crippen LogP contribution in [0.3, 0.4) is 0 Å². The molecule has 0 aromatic heterocycles. The molecule has 1 aromatic rings. The number of carboxylic acids is 1. The first-order valence-electron chi connectivity index (χ1n) is 5.76. The van der Waals surface area contributed by atoms with Crippen LogP contribution >= 0.6 is 0 Å². The minimum absolute atomic E-state index is 0.0405. The fourth-order valence-electron chi connectivity index (χ4n) is 1.46. The van der Waals surface area contributed by atoms with Gasteiger partial charge in [0.1, 0.15) is 5.75 Å². The van der Waals surface area contributed by atoms with Crippen LogP contribution in [0.15, 0.2) is 24.3 Å². The summed E-state index contributed by atoms with van der Waals surface area (Å²) in [6, 6.07) is 7.14. The molecule has 0 radical (unpaired) electrons. The first kappa shape index (κ1) is 13.5. The van der Waals surface area contributed by atoms with Crippen LogP contribution in [0.2, 0.25) is 0 Å². The fourth-order valence-corrected chi connectivity index (χ4v) is 1.46. The van der Waals surface area contributed by atoms with E-state index in [4.69, 9.17) is 9.84 Å². The summed E-state index contributed by atoms with van der Waals surface area (Å²) in [5.74, 6) is -0.193. The third kappa shape index (κ3) is 4.87. The molecular formula is C13H18O4. The van der Waals surface area contributed by atoms with Crippen LogP contribution < -0.4 is 4.74 Å². The Balaban J connectivity index is 2.60. The van der Waals surface area contributed by atoms with E-state index in [1.54, 1.807) is 18.2 Å². The molecule has 0 aliphatic carbocycles. The number of benzene rings is 1. The van der Waals surface area contributed by atoms with E-state index in [0.717, 1.165) is 6.42 Å². The Morgan fingerprint density at radius 3 is 2.88 bits per heavy atom. The summed E-state index contributed by atoms with van der Waals surface area (Å²) in [6.07, 6.45) is 0.343. The van der Waals surface area contributed by atoms with Crippen molar-refractivity contribution < 1.29 is 19.7 Å². The normalized spacial score (nSPS) is 12.1. The Bertz CT molecular complexity index is 362. The van der Waals surface area contributed by atoms with Crippen molar-refractivity contribution in [2.45, 2.75) is 32.3 Å². The van der Waals surface area contributed by atoms with Gasteiger partial charge in [0.2, 0.25) is 0 Å². The second-order valence-corrected chi connectivity index (χ2v) is 3.87. The summed E-state index contributed by atoms with van der Waals surface area (Å²) in [4.78, 5) is 10.4. The monoisotopic (exact) mass is 238 g/mol. The molecular weight excluding hydrogens is 220 g/mol. The molecule has 4 nitrogen and oxygen atoms in total. The van der Waals surface area contributed by atoms with Gasteiger partial charge in [-0.2, -0.15) is 0 Å². The standard InChI is InChI=1S/C13H18O4/c1-2-8-17-11-5-3-4-10(9-11)12(14)6-7-13(15)16/h3-5,9,12,14H,2,6-8H2,1H3,(H,15,16). The zero-order chi connectivity index (χ0) is 12.7. The van der Waals surface area contributed by atoms with Gasteiger partial charge in [-0.25, -0.2) is 0 Å². The highest BCUT2D eigenvalue weighted by molar-refractivity contribution is 5.66. The molecule has 1 atom stereocenters. The average Bonchev–Trinajstić information content (AvgIpc) is 2.33. The third-order valence-corrected chi connectivity index (χ3v) is 2.35. The van der Waals surface area contributed by atoms with Gasteiger partial charge in [-0.3, -0.25) is 4.79 Å². The molecule has 94 valence electrons. The largest absolute Gasteiger partial charge is 0.494 e. The van der Waals surface area contributed by atoms with E-state index in [0.29, 0.717) is 17.9 Å². The first-order chi connectivity index (χ1) is 8.13. The minimum atomic E-state index is -0.901. The predicted molar refractivity (Wildman–Crippen MR) is 64.1 cm³/mol. The molecule has 4 heteroatoms. The zero-order valence-electron chi connectivity index (χ0n) is 9.93. The predicted octanol–water partition coefficient (Wildman–Crippen LogP) is 2.37. The number of aliphatic hydroxyl groups is 1. The second-order valence-electron chi connectivity index (χ2n) is 3.87. The van der Waals surface area contributed by atoms with E-state index < -0.39 is 12.1 Å². The summed E-state index contributed by atoms with van der Waals surface area (Å²) >= 11 is 0. The Labute approximate surface area is 101 Å². The van der Waals surface area contributed by atoms with Crippen LogP contribution in [-0.4, -0.2) is 22.8 Å². The van der Waals surface area contributed by atoms with Crippen molar-refractivity contribution in [3.63, 3.8) is 0 Å². The van der Waals surface area contributed by atoms with Gasteiger partial charge in [-0.1, -0.05) is 19.1 Å². The zero-order valence-corrected chi connectivity index (χ0v) is 9.93. The van der Waals surface area contributed by atoms with Crippen molar-refractivity contribution in [2.75, 3.05) is 6.61 Å². The second kappa shape index (κ2) is 6.91. The van der Waals surface area contributed by atoms with Crippen molar-refractivity contribution in [1.29, 1.82) is 0 Å². The van der Waals surface area contributed by atoms with Crippen LogP contribution in [0.5, 0.6) is 5.75 Å². The topological polar surface area (TPSA) is 66.8 Å². The summed E-state index contributed by atoms with van der Waals surface area (Å²) in [5.41, 5.74) is 0.694. The quantitative estimate of drug-likeness (QED) is 0.765. The van der Waals surface area contributed by atoms with Crippen molar-refractivity contribution in [1.82, 2.24) is 0 Å². The summed E-state index contributed by atoms with van der Waals surface area (Å²) in [5, 5.41) is 18.3. The lowest BCUT2D eigenvalue weighted by molar-refractivity contribution is -0.137. The highest BCUT2D eigenvalue weighted by Gasteiger charge is 2.10. The number of rotatable bonds is 7. The number of aliphatic hydroxyl groups excluding tert-OH is 1. The van der Waals surface area contributed by atoms with Gasteiger partial charge in [0.15, 0.2) is 0 Å². The minimum Gasteiger partial charge on any atom is -0.494 e. The molecule has 0 amide bonds. The number of carboxylic acid groups (broad SMARTS) is 1. The van der Waals surface area contributed by atoms with Crippen molar-refractivity contribution >= 4 is 5.97 Å². The number of carbonyl (C=O) groups is 1. The maximum atomic E-state index is 10.4. The molecule has 0 fully saturated rings. The number of hydrogen-bond donors (Lipinski definition) is 2. The van der Waals surface area contributed by atoms with Crippen molar-refractivity contribution in [3.8, 4) is 5.75 Å². The molecule has 0 heterocycles. The van der Waals surface area contributed by atoms with Crippen molar-refractivity contribution in [2.24, 2.45) is 0 Å². The van der Waals surface area contributed by atoms with Crippen molar-refractivity contribution in [3.05, 3.63) is 29.8 Å². The molecule has 1 aromatic carbocycles. The Morgan fingerprint density at radius 2 is 2.24 bits per heavy atom. The molecule has 1 rings (SSSR count). The molecule has 0 spiro atoms. The smallest absolute Gasteiger partial charge is 0.303 e. The third-order valence-electron chi connectivity index (χ3n) is 2.35. The lowest BCUT2D eigenvalue weighted by atomic mass is 10.0. The van der Waals surface area contributed by atoms with Crippen LogP contribution in [0.4, 0.5) is 0 Å². The fraction of sp³-hybridized carbons (Fsp3) is 0.462. The molecule has 0 aliphatic rings. The van der Waals surface area contributed by atoms with Gasteiger partial charge in [0.25, 0.3) is 0 Å². The molecule has 1 unspecified atom stereocenters. The van der Waals surface area contributed by atoms with Crippen LogP contribution in [0.25, 0.3) is 0 Å². The summed E-state index contributed by atoms with van der Waals surface area (Å²) < 4.78 is 5.44. The van der Waals surface area contributed by atoms with E-state index in [2.05, 4.69) is 0 Å². The molecule has 2 N–H and O–H groups in total. The molecule has 0 bridgehead atoms. The summed E-state index contributed by atoms with van der Waals surface area (Å²) in [6.45, 7) is 2.65. The maximum absolute atomic E-state index is 10.4. The van der Waals surface area contributed by atoms with Gasteiger partial charge in [0, 0.05) is 6.42 Å². The maximum Gasteiger partial charge on any atom is 0.303 e. The average molecular weight is 238 g/mol.